The smallest absolute Gasteiger partial charge is 0.162 e. The Morgan fingerprint density at radius 2 is 1.78 bits per heavy atom. The Kier molecular flexibility index (Phi) is 6.09. The Morgan fingerprint density at radius 1 is 1.11 bits per heavy atom. The van der Waals surface area contributed by atoms with Gasteiger partial charge in [0.05, 0.1) is 36.1 Å². The average molecular weight is 514 g/mol. The fourth-order valence-corrected chi connectivity index (χ4v) is 5.78. The SMILES string of the molecule is COc1ccc(N2C(N)=C(C#N)C(c3c(C)nn(-c4ccccc4)c3Cl)C3=C2CC(C)(C)CC3=O)cc1. The van der Waals surface area contributed by atoms with Crippen LogP contribution in [0.1, 0.15) is 43.9 Å². The van der Waals surface area contributed by atoms with E-state index < -0.39 is 5.92 Å². The van der Waals surface area contributed by atoms with Crippen molar-refractivity contribution < 1.29 is 9.53 Å². The van der Waals surface area contributed by atoms with Crippen molar-refractivity contribution in [1.82, 2.24) is 9.78 Å². The van der Waals surface area contributed by atoms with Crippen molar-refractivity contribution in [3.63, 3.8) is 0 Å². The highest BCUT2D eigenvalue weighted by atomic mass is 35.5. The molecule has 0 saturated carbocycles. The van der Waals surface area contributed by atoms with Gasteiger partial charge in [0, 0.05) is 28.9 Å². The number of methoxy groups -OCH3 is 1. The number of nitrogens with zero attached hydrogens (tertiary/aromatic N) is 4. The fourth-order valence-electron chi connectivity index (χ4n) is 5.40. The van der Waals surface area contributed by atoms with Crippen molar-refractivity contribution in [3.05, 3.63) is 93.7 Å². The normalized spacial score (nSPS) is 19.1. The Morgan fingerprint density at radius 3 is 2.41 bits per heavy atom. The van der Waals surface area contributed by atoms with Crippen LogP contribution in [0.25, 0.3) is 5.69 Å². The molecule has 2 aliphatic rings. The molecule has 0 spiro atoms. The minimum Gasteiger partial charge on any atom is -0.497 e. The Balaban J connectivity index is 1.76. The largest absolute Gasteiger partial charge is 0.497 e. The summed E-state index contributed by atoms with van der Waals surface area (Å²) in [7, 11) is 1.60. The van der Waals surface area contributed by atoms with Crippen LogP contribution in [0.15, 0.2) is 77.3 Å². The molecule has 0 radical (unpaired) electrons. The van der Waals surface area contributed by atoms with Gasteiger partial charge in [-0.05, 0) is 55.2 Å². The van der Waals surface area contributed by atoms with E-state index in [1.165, 1.54) is 0 Å². The second kappa shape index (κ2) is 9.13. The standard InChI is InChI=1S/C29H28ClN5O2/c1-17-24(27(30)35(33-17)19-8-6-5-7-9-19)25-21(16-31)28(32)34(18-10-12-20(37-4)13-11-18)22-14-29(2,3)15-23(36)26(22)25/h5-13,25H,14-15,32H2,1-4H3. The summed E-state index contributed by atoms with van der Waals surface area (Å²) < 4.78 is 6.96. The van der Waals surface area contributed by atoms with Crippen LogP contribution >= 0.6 is 11.6 Å². The maximum absolute atomic E-state index is 13.8. The number of nitrogens with two attached hydrogens (primary N) is 1. The summed E-state index contributed by atoms with van der Waals surface area (Å²) in [6, 6.07) is 19.3. The number of allylic oxidation sites excluding steroid dienone is 3. The van der Waals surface area contributed by atoms with E-state index in [1.807, 2.05) is 66.4 Å². The highest BCUT2D eigenvalue weighted by Crippen LogP contribution is 2.51. The van der Waals surface area contributed by atoms with Gasteiger partial charge in [-0.1, -0.05) is 43.6 Å². The molecular weight excluding hydrogens is 486 g/mol. The van der Waals surface area contributed by atoms with Crippen LogP contribution in [0.3, 0.4) is 0 Å². The Labute approximate surface area is 221 Å². The van der Waals surface area contributed by atoms with Gasteiger partial charge in [-0.3, -0.25) is 9.69 Å². The lowest BCUT2D eigenvalue weighted by Gasteiger charge is -2.43. The van der Waals surface area contributed by atoms with Crippen LogP contribution in [0.4, 0.5) is 5.69 Å². The highest BCUT2D eigenvalue weighted by molar-refractivity contribution is 6.31. The molecule has 2 heterocycles. The van der Waals surface area contributed by atoms with E-state index in [2.05, 4.69) is 25.0 Å². The van der Waals surface area contributed by atoms with E-state index in [4.69, 9.17) is 22.1 Å². The van der Waals surface area contributed by atoms with Crippen molar-refractivity contribution in [2.45, 2.75) is 39.5 Å². The lowest BCUT2D eigenvalue weighted by Crippen LogP contribution is -2.42. The van der Waals surface area contributed by atoms with Crippen molar-refractivity contribution in [1.29, 1.82) is 5.26 Å². The van der Waals surface area contributed by atoms with E-state index in [1.54, 1.807) is 11.8 Å². The number of carbonyl (C=O) groups excluding carboxylic acids is 1. The van der Waals surface area contributed by atoms with Crippen LogP contribution in [0.2, 0.25) is 5.15 Å². The third-order valence-corrected chi connectivity index (χ3v) is 7.41. The number of rotatable bonds is 4. The fraction of sp³-hybridized carbons (Fsp3) is 0.276. The molecule has 1 aliphatic carbocycles. The van der Waals surface area contributed by atoms with Gasteiger partial charge in [0.1, 0.15) is 16.7 Å². The molecule has 188 valence electrons. The van der Waals surface area contributed by atoms with E-state index in [0.717, 1.165) is 17.1 Å². The number of ketones is 1. The first-order valence-corrected chi connectivity index (χ1v) is 12.4. The summed E-state index contributed by atoms with van der Waals surface area (Å²) in [4.78, 5) is 15.7. The minimum atomic E-state index is -0.705. The van der Waals surface area contributed by atoms with Crippen molar-refractivity contribution in [2.24, 2.45) is 11.1 Å². The molecule has 8 heteroatoms. The maximum atomic E-state index is 13.8. The van der Waals surface area contributed by atoms with E-state index in [0.29, 0.717) is 40.6 Å². The molecule has 0 bridgehead atoms. The number of benzene rings is 2. The monoisotopic (exact) mass is 513 g/mol. The van der Waals surface area contributed by atoms with Crippen molar-refractivity contribution in [3.8, 4) is 17.5 Å². The van der Waals surface area contributed by atoms with Gasteiger partial charge in [0.15, 0.2) is 5.78 Å². The van der Waals surface area contributed by atoms with E-state index in [9.17, 15) is 10.1 Å². The molecule has 0 amide bonds. The lowest BCUT2D eigenvalue weighted by molar-refractivity contribution is -0.118. The Hall–Kier alpha value is -4.02. The predicted molar refractivity (Wildman–Crippen MR) is 143 cm³/mol. The van der Waals surface area contributed by atoms with Gasteiger partial charge >= 0.3 is 0 Å². The molecule has 2 N–H and O–H groups in total. The zero-order valence-corrected chi connectivity index (χ0v) is 22.0. The number of ether oxygens (including phenoxy) is 1. The first-order chi connectivity index (χ1) is 17.7. The number of para-hydroxylation sites is 1. The number of hydrogen-bond donors (Lipinski definition) is 1. The lowest BCUT2D eigenvalue weighted by atomic mass is 9.68. The number of hydrogen-bond acceptors (Lipinski definition) is 6. The summed E-state index contributed by atoms with van der Waals surface area (Å²) in [6.45, 7) is 5.99. The number of Topliss-reactive ketones (excluding diaryl/α,β-unsaturated/α-hetero) is 1. The molecule has 1 atom stereocenters. The molecule has 3 aromatic rings. The summed E-state index contributed by atoms with van der Waals surface area (Å²) in [6.07, 6.45) is 0.973. The van der Waals surface area contributed by atoms with Crippen LogP contribution in [0.5, 0.6) is 5.75 Å². The molecule has 1 aromatic heterocycles. The summed E-state index contributed by atoms with van der Waals surface area (Å²) in [5.74, 6) is 0.262. The zero-order chi connectivity index (χ0) is 26.5. The third-order valence-electron chi connectivity index (χ3n) is 7.05. The van der Waals surface area contributed by atoms with Crippen LogP contribution < -0.4 is 15.4 Å². The van der Waals surface area contributed by atoms with E-state index in [-0.39, 0.29) is 22.6 Å². The topological polar surface area (TPSA) is 97.2 Å². The second-order valence-electron chi connectivity index (χ2n) is 10.2. The number of aryl methyl sites for hydroxylation is 1. The quantitative estimate of drug-likeness (QED) is 0.474. The average Bonchev–Trinajstić information content (AvgIpc) is 3.16. The number of aromatic nitrogens is 2. The van der Waals surface area contributed by atoms with Crippen molar-refractivity contribution in [2.75, 3.05) is 12.0 Å². The van der Waals surface area contributed by atoms with E-state index >= 15 is 0 Å². The summed E-state index contributed by atoms with van der Waals surface area (Å²) in [5, 5.41) is 15.4. The van der Waals surface area contributed by atoms with Crippen LogP contribution in [0, 0.1) is 23.7 Å². The first-order valence-electron chi connectivity index (χ1n) is 12.1. The summed E-state index contributed by atoms with van der Waals surface area (Å²) in [5.41, 5.74) is 10.9. The molecule has 2 aromatic carbocycles. The van der Waals surface area contributed by atoms with Gasteiger partial charge < -0.3 is 10.5 Å². The van der Waals surface area contributed by atoms with Gasteiger partial charge in [0.25, 0.3) is 0 Å². The predicted octanol–water partition coefficient (Wildman–Crippen LogP) is 5.78. The Bertz CT molecular complexity index is 1490. The molecular formula is C29H28ClN5O2. The molecule has 37 heavy (non-hydrogen) atoms. The minimum absolute atomic E-state index is 0.0158. The van der Waals surface area contributed by atoms with Gasteiger partial charge in [-0.15, -0.1) is 0 Å². The molecule has 1 aliphatic heterocycles. The number of halogens is 1. The zero-order valence-electron chi connectivity index (χ0n) is 21.2. The molecule has 5 rings (SSSR count). The molecule has 0 fully saturated rings. The third kappa shape index (κ3) is 4.08. The maximum Gasteiger partial charge on any atom is 0.162 e. The van der Waals surface area contributed by atoms with Crippen molar-refractivity contribution >= 4 is 23.1 Å². The molecule has 1 unspecified atom stereocenters. The first kappa shape index (κ1) is 24.7. The number of anilines is 1. The molecule has 7 nitrogen and oxygen atoms in total. The van der Waals surface area contributed by atoms with Gasteiger partial charge in [0.2, 0.25) is 0 Å². The van der Waals surface area contributed by atoms with Gasteiger partial charge in [-0.25, -0.2) is 4.68 Å². The van der Waals surface area contributed by atoms with Gasteiger partial charge in [-0.2, -0.15) is 10.4 Å². The van der Waals surface area contributed by atoms with Crippen LogP contribution in [-0.2, 0) is 4.79 Å². The number of nitriles is 1. The molecule has 0 saturated heterocycles. The summed E-state index contributed by atoms with van der Waals surface area (Å²) >= 11 is 6.96. The highest BCUT2D eigenvalue weighted by Gasteiger charge is 2.46. The second-order valence-corrected chi connectivity index (χ2v) is 10.6. The van der Waals surface area contributed by atoms with Crippen LogP contribution in [-0.4, -0.2) is 22.7 Å². The number of carbonyl (C=O) groups is 1.